The third-order valence-corrected chi connectivity index (χ3v) is 4.12. The second kappa shape index (κ2) is 10.5. The summed E-state index contributed by atoms with van der Waals surface area (Å²) in [7, 11) is 3.28. The molecule has 0 aliphatic carbocycles. The number of rotatable bonds is 7. The van der Waals surface area contributed by atoms with Crippen LogP contribution in [0.15, 0.2) is 29.3 Å². The molecule has 1 unspecified atom stereocenters. The number of hydrogen-bond acceptors (Lipinski definition) is 4. The molecule has 0 saturated carbocycles. The van der Waals surface area contributed by atoms with Crippen LogP contribution in [-0.2, 0) is 20.4 Å². The summed E-state index contributed by atoms with van der Waals surface area (Å²) in [5, 5.41) is 3.20. The number of ether oxygens (including phenoxy) is 3. The van der Waals surface area contributed by atoms with Crippen LogP contribution in [0.5, 0.6) is 0 Å². The van der Waals surface area contributed by atoms with Crippen molar-refractivity contribution in [3.63, 3.8) is 0 Å². The van der Waals surface area contributed by atoms with E-state index in [1.807, 2.05) is 4.90 Å². The van der Waals surface area contributed by atoms with Crippen molar-refractivity contribution in [3.05, 3.63) is 35.4 Å². The van der Waals surface area contributed by atoms with Gasteiger partial charge >= 0.3 is 6.18 Å². The Morgan fingerprint density at radius 3 is 2.85 bits per heavy atom. The largest absolute Gasteiger partial charge is 0.416 e. The van der Waals surface area contributed by atoms with Crippen LogP contribution in [0.25, 0.3) is 0 Å². The Morgan fingerprint density at radius 2 is 2.15 bits per heavy atom. The van der Waals surface area contributed by atoms with Crippen LogP contribution < -0.4 is 5.32 Å². The first kappa shape index (κ1) is 21.5. The van der Waals surface area contributed by atoms with E-state index < -0.39 is 17.8 Å². The van der Waals surface area contributed by atoms with Gasteiger partial charge in [-0.2, -0.15) is 13.2 Å². The van der Waals surface area contributed by atoms with Gasteiger partial charge in [0.2, 0.25) is 0 Å². The van der Waals surface area contributed by atoms with Crippen molar-refractivity contribution >= 4 is 5.96 Å². The van der Waals surface area contributed by atoms with Gasteiger partial charge in [0.25, 0.3) is 0 Å². The van der Waals surface area contributed by atoms with Crippen molar-refractivity contribution < 1.29 is 27.4 Å². The second-order valence-corrected chi connectivity index (χ2v) is 6.01. The second-order valence-electron chi connectivity index (χ2n) is 6.01. The number of methoxy groups -OCH3 is 1. The van der Waals surface area contributed by atoms with Crippen LogP contribution in [0.3, 0.4) is 0 Å². The van der Waals surface area contributed by atoms with Crippen molar-refractivity contribution in [2.24, 2.45) is 4.99 Å². The van der Waals surface area contributed by atoms with Gasteiger partial charge in [-0.3, -0.25) is 4.99 Å². The minimum absolute atomic E-state index is 0.409. The van der Waals surface area contributed by atoms with E-state index in [4.69, 9.17) is 14.2 Å². The number of halogens is 3. The van der Waals surface area contributed by atoms with E-state index in [1.165, 1.54) is 6.07 Å². The summed E-state index contributed by atoms with van der Waals surface area (Å²) in [6.07, 6.45) is -4.82. The molecule has 1 heterocycles. The number of nitrogens with one attached hydrogen (secondary N) is 1. The molecule has 1 aliphatic heterocycles. The van der Waals surface area contributed by atoms with Crippen molar-refractivity contribution in [3.8, 4) is 0 Å². The monoisotopic (exact) mass is 389 g/mol. The third-order valence-electron chi connectivity index (χ3n) is 4.12. The van der Waals surface area contributed by atoms with E-state index in [-0.39, 0.29) is 0 Å². The summed E-state index contributed by atoms with van der Waals surface area (Å²) in [5.74, 6) is 0.672. The van der Waals surface area contributed by atoms with Gasteiger partial charge in [0.15, 0.2) is 5.96 Å². The molecular weight excluding hydrogens is 363 g/mol. The van der Waals surface area contributed by atoms with Crippen LogP contribution in [0.4, 0.5) is 13.2 Å². The van der Waals surface area contributed by atoms with E-state index in [2.05, 4.69) is 10.3 Å². The number of alkyl halides is 3. The summed E-state index contributed by atoms with van der Waals surface area (Å²) < 4.78 is 54.8. The molecular formula is C18H26F3N3O3. The summed E-state index contributed by atoms with van der Waals surface area (Å²) in [4.78, 5) is 6.22. The summed E-state index contributed by atoms with van der Waals surface area (Å²) in [6.45, 7) is 3.58. The molecule has 0 aromatic heterocycles. The molecule has 2 rings (SSSR count). The maximum Gasteiger partial charge on any atom is 0.416 e. The number of morpholine rings is 1. The summed E-state index contributed by atoms with van der Waals surface area (Å²) in [6, 6.07) is 5.27. The highest BCUT2D eigenvalue weighted by Crippen LogP contribution is 2.32. The van der Waals surface area contributed by atoms with Crippen molar-refractivity contribution in [1.29, 1.82) is 0 Å². The van der Waals surface area contributed by atoms with Crippen LogP contribution in [0, 0.1) is 0 Å². The van der Waals surface area contributed by atoms with Gasteiger partial charge < -0.3 is 24.4 Å². The Bertz CT molecular complexity index is 611. The Balaban J connectivity index is 1.92. The lowest BCUT2D eigenvalue weighted by molar-refractivity contribution is -0.137. The minimum atomic E-state index is -4.37. The van der Waals surface area contributed by atoms with Crippen LogP contribution >= 0.6 is 0 Å². The molecule has 0 radical (unpaired) electrons. The SMILES string of the molecule is CN=C(NCCOCCOC)N1CCOC(c2cccc(C(F)(F)F)c2)C1. The first-order valence-electron chi connectivity index (χ1n) is 8.76. The van der Waals surface area contributed by atoms with Crippen LogP contribution in [0.1, 0.15) is 17.2 Å². The minimum Gasteiger partial charge on any atom is -0.382 e. The molecule has 0 bridgehead atoms. The molecule has 6 nitrogen and oxygen atoms in total. The van der Waals surface area contributed by atoms with Gasteiger partial charge in [0, 0.05) is 27.2 Å². The van der Waals surface area contributed by atoms with E-state index in [0.29, 0.717) is 57.6 Å². The fourth-order valence-corrected chi connectivity index (χ4v) is 2.77. The fourth-order valence-electron chi connectivity index (χ4n) is 2.77. The van der Waals surface area contributed by atoms with E-state index >= 15 is 0 Å². The van der Waals surface area contributed by atoms with Crippen molar-refractivity contribution in [2.45, 2.75) is 12.3 Å². The van der Waals surface area contributed by atoms with Crippen molar-refractivity contribution in [2.75, 3.05) is 60.2 Å². The molecule has 0 spiro atoms. The van der Waals surface area contributed by atoms with E-state index in [1.54, 1.807) is 20.2 Å². The normalized spacial score (nSPS) is 18.6. The highest BCUT2D eigenvalue weighted by molar-refractivity contribution is 5.80. The number of hydrogen-bond donors (Lipinski definition) is 1. The smallest absolute Gasteiger partial charge is 0.382 e. The molecule has 1 aromatic carbocycles. The highest BCUT2D eigenvalue weighted by atomic mass is 19.4. The zero-order valence-corrected chi connectivity index (χ0v) is 15.6. The molecule has 27 heavy (non-hydrogen) atoms. The number of benzene rings is 1. The van der Waals surface area contributed by atoms with Crippen LogP contribution in [-0.4, -0.2) is 71.1 Å². The molecule has 1 aliphatic rings. The predicted molar refractivity (Wildman–Crippen MR) is 95.8 cm³/mol. The van der Waals surface area contributed by atoms with Gasteiger partial charge in [-0.05, 0) is 17.7 Å². The van der Waals surface area contributed by atoms with Crippen LogP contribution in [0.2, 0.25) is 0 Å². The quantitative estimate of drug-likeness (QED) is 0.441. The molecule has 1 atom stereocenters. The first-order chi connectivity index (χ1) is 13.0. The predicted octanol–water partition coefficient (Wildman–Crippen LogP) is 2.32. The van der Waals surface area contributed by atoms with Gasteiger partial charge in [0.05, 0.1) is 38.5 Å². The Morgan fingerprint density at radius 1 is 1.33 bits per heavy atom. The molecule has 0 amide bonds. The first-order valence-corrected chi connectivity index (χ1v) is 8.76. The fraction of sp³-hybridized carbons (Fsp3) is 0.611. The molecule has 9 heteroatoms. The Hall–Kier alpha value is -1.84. The van der Waals surface area contributed by atoms with Gasteiger partial charge in [-0.1, -0.05) is 12.1 Å². The standard InChI is InChI=1S/C18H26F3N3O3/c1-22-17(23-6-8-26-11-10-25-2)24-7-9-27-16(13-24)14-4-3-5-15(12-14)18(19,20)21/h3-5,12,16H,6-11,13H2,1-2H3,(H,22,23). The summed E-state index contributed by atoms with van der Waals surface area (Å²) >= 11 is 0. The lowest BCUT2D eigenvalue weighted by Gasteiger charge is -2.35. The zero-order chi connectivity index (χ0) is 19.7. The van der Waals surface area contributed by atoms with Gasteiger partial charge in [-0.15, -0.1) is 0 Å². The molecule has 1 aromatic rings. The van der Waals surface area contributed by atoms with E-state index in [0.717, 1.165) is 12.1 Å². The number of nitrogens with zero attached hydrogens (tertiary/aromatic N) is 2. The lowest BCUT2D eigenvalue weighted by Crippen LogP contribution is -2.48. The zero-order valence-electron chi connectivity index (χ0n) is 15.6. The Kier molecular flexibility index (Phi) is 8.33. The number of aliphatic imine (C=N–C) groups is 1. The van der Waals surface area contributed by atoms with E-state index in [9.17, 15) is 13.2 Å². The lowest BCUT2D eigenvalue weighted by atomic mass is 10.0. The topological polar surface area (TPSA) is 55.3 Å². The average molecular weight is 389 g/mol. The molecule has 152 valence electrons. The maximum absolute atomic E-state index is 12.9. The maximum atomic E-state index is 12.9. The summed E-state index contributed by atoms with van der Waals surface area (Å²) in [5.41, 5.74) is -0.163. The molecule has 1 N–H and O–H groups in total. The average Bonchev–Trinajstić information content (AvgIpc) is 2.67. The molecule has 1 saturated heterocycles. The van der Waals surface area contributed by atoms with Gasteiger partial charge in [0.1, 0.15) is 6.10 Å². The molecule has 1 fully saturated rings. The Labute approximate surface area is 157 Å². The van der Waals surface area contributed by atoms with Crippen molar-refractivity contribution in [1.82, 2.24) is 10.2 Å². The van der Waals surface area contributed by atoms with Gasteiger partial charge in [-0.25, -0.2) is 0 Å². The highest BCUT2D eigenvalue weighted by Gasteiger charge is 2.32. The third kappa shape index (κ3) is 6.67. The number of guanidine groups is 1.